The van der Waals surface area contributed by atoms with E-state index >= 15 is 0 Å². The fraction of sp³-hybridized carbons (Fsp3) is 0.600. The number of anilines is 1. The number of guanidine groups is 1. The highest BCUT2D eigenvalue weighted by molar-refractivity contribution is 14.0. The van der Waals surface area contributed by atoms with Crippen molar-refractivity contribution in [3.05, 3.63) is 29.7 Å². The lowest BCUT2D eigenvalue weighted by atomic mass is 10.2. The quantitative estimate of drug-likeness (QED) is 0.310. The average Bonchev–Trinajstić information content (AvgIpc) is 3.25. The van der Waals surface area contributed by atoms with Gasteiger partial charge in [0, 0.05) is 62.4 Å². The lowest BCUT2D eigenvalue weighted by molar-refractivity contribution is 0.302. The Kier molecular flexibility index (Phi) is 10.6. The van der Waals surface area contributed by atoms with E-state index in [1.54, 1.807) is 6.20 Å². The van der Waals surface area contributed by atoms with E-state index in [0.717, 1.165) is 68.0 Å². The van der Waals surface area contributed by atoms with Crippen molar-refractivity contribution in [1.82, 2.24) is 24.6 Å². The van der Waals surface area contributed by atoms with Crippen molar-refractivity contribution in [3.8, 4) is 5.88 Å². The Labute approximate surface area is 200 Å². The number of piperazine rings is 1. The van der Waals surface area contributed by atoms with Crippen LogP contribution >= 0.6 is 35.5 Å². The lowest BCUT2D eigenvalue weighted by Crippen LogP contribution is -2.52. The maximum Gasteiger partial charge on any atom is 0.218 e. The van der Waals surface area contributed by atoms with Crippen molar-refractivity contribution in [1.29, 1.82) is 0 Å². The van der Waals surface area contributed by atoms with Gasteiger partial charge in [0.2, 0.25) is 11.0 Å². The zero-order chi connectivity index (χ0) is 20.5. The van der Waals surface area contributed by atoms with Gasteiger partial charge in [-0.05, 0) is 19.4 Å². The molecule has 10 heteroatoms. The lowest BCUT2D eigenvalue weighted by Gasteiger charge is -2.36. The molecule has 2 aromatic heterocycles. The normalized spacial score (nSPS) is 14.4. The molecule has 8 nitrogen and oxygen atoms in total. The molecule has 0 radical (unpaired) electrons. The first kappa shape index (κ1) is 24.6. The Morgan fingerprint density at radius 2 is 2.03 bits per heavy atom. The molecule has 0 bridgehead atoms. The molecule has 1 saturated heterocycles. The summed E-state index contributed by atoms with van der Waals surface area (Å²) in [7, 11) is 0. The second-order valence-electron chi connectivity index (χ2n) is 6.81. The molecule has 0 spiro atoms. The van der Waals surface area contributed by atoms with Crippen LogP contribution in [0.25, 0.3) is 0 Å². The van der Waals surface area contributed by atoms with Gasteiger partial charge in [-0.15, -0.1) is 24.0 Å². The summed E-state index contributed by atoms with van der Waals surface area (Å²) < 4.78 is 10.2. The van der Waals surface area contributed by atoms with Gasteiger partial charge in [0.05, 0.1) is 13.2 Å². The number of aryl methyl sites for hydroxylation is 1. The Balaban J connectivity index is 0.00000320. The summed E-state index contributed by atoms with van der Waals surface area (Å²) in [5, 5.41) is 4.45. The molecule has 30 heavy (non-hydrogen) atoms. The van der Waals surface area contributed by atoms with Crippen molar-refractivity contribution in [2.75, 3.05) is 44.2 Å². The monoisotopic (exact) mass is 545 g/mol. The molecule has 3 heterocycles. The van der Waals surface area contributed by atoms with Gasteiger partial charge in [-0.2, -0.15) is 4.37 Å². The fourth-order valence-corrected chi connectivity index (χ4v) is 3.89. The minimum absolute atomic E-state index is 0. The van der Waals surface area contributed by atoms with E-state index in [0.29, 0.717) is 19.0 Å². The molecular formula is C20H32IN7OS. The van der Waals surface area contributed by atoms with Gasteiger partial charge in [0.1, 0.15) is 5.82 Å². The Morgan fingerprint density at radius 1 is 1.23 bits per heavy atom. The van der Waals surface area contributed by atoms with Crippen LogP contribution in [0, 0.1) is 0 Å². The van der Waals surface area contributed by atoms with Crippen LogP contribution in [-0.4, -0.2) is 64.5 Å². The van der Waals surface area contributed by atoms with E-state index in [1.165, 1.54) is 11.5 Å². The molecule has 0 atom stereocenters. The SMILES string of the molecule is CCCOc1ncccc1CN=C(NCC)N1CCN(c2nc(CC)ns2)CC1.I. The van der Waals surface area contributed by atoms with Crippen molar-refractivity contribution < 1.29 is 4.74 Å². The minimum atomic E-state index is 0. The average molecular weight is 545 g/mol. The molecule has 1 N–H and O–H groups in total. The first-order chi connectivity index (χ1) is 14.2. The minimum Gasteiger partial charge on any atom is -0.477 e. The highest BCUT2D eigenvalue weighted by Gasteiger charge is 2.22. The van der Waals surface area contributed by atoms with Gasteiger partial charge in [-0.1, -0.05) is 19.9 Å². The van der Waals surface area contributed by atoms with Crippen molar-refractivity contribution in [2.45, 2.75) is 40.2 Å². The van der Waals surface area contributed by atoms with Gasteiger partial charge >= 0.3 is 0 Å². The first-order valence-electron chi connectivity index (χ1n) is 10.4. The number of nitrogens with one attached hydrogen (secondary N) is 1. The molecule has 0 unspecified atom stereocenters. The number of rotatable bonds is 8. The standard InChI is InChI=1S/C20H31N7OS.HI/c1-4-14-28-18-16(8-7-9-22-18)15-23-19(21-6-3)26-10-12-27(13-11-26)20-24-17(5-2)25-29-20;/h7-9H,4-6,10-15H2,1-3H3,(H,21,23);1H. The van der Waals surface area contributed by atoms with Gasteiger partial charge in [0.25, 0.3) is 0 Å². The van der Waals surface area contributed by atoms with E-state index in [2.05, 4.69) is 50.2 Å². The van der Waals surface area contributed by atoms with Crippen LogP contribution in [0.15, 0.2) is 23.3 Å². The van der Waals surface area contributed by atoms with Crippen molar-refractivity contribution in [3.63, 3.8) is 0 Å². The second-order valence-corrected chi connectivity index (χ2v) is 7.54. The van der Waals surface area contributed by atoms with E-state index in [4.69, 9.17) is 9.73 Å². The summed E-state index contributed by atoms with van der Waals surface area (Å²) >= 11 is 1.50. The number of hydrogen-bond donors (Lipinski definition) is 1. The number of halogens is 1. The maximum absolute atomic E-state index is 5.77. The third-order valence-corrected chi connectivity index (χ3v) is 5.47. The molecule has 0 aromatic carbocycles. The molecule has 1 fully saturated rings. The smallest absolute Gasteiger partial charge is 0.218 e. The third kappa shape index (κ3) is 6.66. The third-order valence-electron chi connectivity index (χ3n) is 4.65. The number of ether oxygens (including phenoxy) is 1. The van der Waals surface area contributed by atoms with Crippen LogP contribution < -0.4 is 15.0 Å². The van der Waals surface area contributed by atoms with Crippen LogP contribution in [0.4, 0.5) is 5.13 Å². The molecule has 1 aliphatic heterocycles. The van der Waals surface area contributed by atoms with Crippen LogP contribution in [0.5, 0.6) is 5.88 Å². The van der Waals surface area contributed by atoms with Crippen LogP contribution in [0.3, 0.4) is 0 Å². The molecule has 0 amide bonds. The first-order valence-corrected chi connectivity index (χ1v) is 11.2. The topological polar surface area (TPSA) is 78.8 Å². The number of pyridine rings is 1. The summed E-state index contributed by atoms with van der Waals surface area (Å²) in [6.07, 6.45) is 3.60. The highest BCUT2D eigenvalue weighted by Crippen LogP contribution is 2.20. The molecule has 3 rings (SSSR count). The Hall–Kier alpha value is -1.69. The zero-order valence-electron chi connectivity index (χ0n) is 18.0. The van der Waals surface area contributed by atoms with Crippen LogP contribution in [-0.2, 0) is 13.0 Å². The summed E-state index contributed by atoms with van der Waals surface area (Å²) in [6.45, 7) is 12.0. The van der Waals surface area contributed by atoms with Crippen molar-refractivity contribution in [2.24, 2.45) is 4.99 Å². The molecule has 2 aromatic rings. The zero-order valence-corrected chi connectivity index (χ0v) is 21.2. The largest absolute Gasteiger partial charge is 0.477 e. The van der Waals surface area contributed by atoms with Gasteiger partial charge in [0.15, 0.2) is 5.96 Å². The second kappa shape index (κ2) is 12.9. The van der Waals surface area contributed by atoms with Crippen LogP contribution in [0.2, 0.25) is 0 Å². The molecule has 1 aliphatic rings. The van der Waals surface area contributed by atoms with E-state index in [-0.39, 0.29) is 24.0 Å². The Morgan fingerprint density at radius 3 is 2.70 bits per heavy atom. The number of aromatic nitrogens is 3. The fourth-order valence-electron chi connectivity index (χ4n) is 3.09. The van der Waals surface area contributed by atoms with Crippen molar-refractivity contribution >= 4 is 46.6 Å². The van der Waals surface area contributed by atoms with Gasteiger partial charge in [-0.3, -0.25) is 0 Å². The van der Waals surface area contributed by atoms with Crippen LogP contribution in [0.1, 0.15) is 38.6 Å². The highest BCUT2D eigenvalue weighted by atomic mass is 127. The summed E-state index contributed by atoms with van der Waals surface area (Å²) in [6, 6.07) is 3.96. The summed E-state index contributed by atoms with van der Waals surface area (Å²) in [5.41, 5.74) is 1.01. The summed E-state index contributed by atoms with van der Waals surface area (Å²) in [5.74, 6) is 2.55. The predicted molar refractivity (Wildman–Crippen MR) is 133 cm³/mol. The molecule has 166 valence electrons. The predicted octanol–water partition coefficient (Wildman–Crippen LogP) is 3.19. The molecule has 0 saturated carbocycles. The number of hydrogen-bond acceptors (Lipinski definition) is 7. The molecular weight excluding hydrogens is 513 g/mol. The van der Waals surface area contributed by atoms with E-state index in [1.807, 2.05) is 12.1 Å². The van der Waals surface area contributed by atoms with Gasteiger partial charge in [-0.25, -0.2) is 15.0 Å². The number of aliphatic imine (C=N–C) groups is 1. The Bertz CT molecular complexity index is 793. The maximum atomic E-state index is 5.77. The van der Waals surface area contributed by atoms with Gasteiger partial charge < -0.3 is 19.9 Å². The number of nitrogens with zero attached hydrogens (tertiary/aromatic N) is 6. The van der Waals surface area contributed by atoms with E-state index < -0.39 is 0 Å². The van der Waals surface area contributed by atoms with E-state index in [9.17, 15) is 0 Å². The molecule has 0 aliphatic carbocycles. The summed E-state index contributed by atoms with van der Waals surface area (Å²) in [4.78, 5) is 18.5.